The molecule has 0 spiro atoms. The van der Waals surface area contributed by atoms with Crippen LogP contribution in [0, 0.1) is 0 Å². The molecule has 28 heavy (non-hydrogen) atoms. The van der Waals surface area contributed by atoms with E-state index in [0.29, 0.717) is 30.6 Å². The summed E-state index contributed by atoms with van der Waals surface area (Å²) in [6.07, 6.45) is 1.55. The fraction of sp³-hybridized carbons (Fsp3) is 0.318. The second kappa shape index (κ2) is 8.69. The second-order valence-electron chi connectivity index (χ2n) is 7.05. The summed E-state index contributed by atoms with van der Waals surface area (Å²) in [5, 5.41) is 2.59. The van der Waals surface area contributed by atoms with Gasteiger partial charge >= 0.3 is 0 Å². The van der Waals surface area contributed by atoms with Crippen LogP contribution < -0.4 is 5.32 Å². The van der Waals surface area contributed by atoms with Crippen LogP contribution in [0.5, 0.6) is 0 Å². The molecule has 6 heteroatoms. The highest BCUT2D eigenvalue weighted by Crippen LogP contribution is 2.16. The zero-order valence-electron chi connectivity index (χ0n) is 16.3. The zero-order valence-corrected chi connectivity index (χ0v) is 16.3. The zero-order chi connectivity index (χ0) is 20.1. The lowest BCUT2D eigenvalue weighted by molar-refractivity contribution is -0.128. The molecule has 0 atom stereocenters. The lowest BCUT2D eigenvalue weighted by Gasteiger charge is -2.18. The molecule has 1 heterocycles. The van der Waals surface area contributed by atoms with Gasteiger partial charge in [0.05, 0.1) is 0 Å². The van der Waals surface area contributed by atoms with Crippen molar-refractivity contribution in [3.8, 4) is 0 Å². The van der Waals surface area contributed by atoms with Crippen molar-refractivity contribution in [3.05, 3.63) is 70.8 Å². The van der Waals surface area contributed by atoms with Crippen LogP contribution in [0.3, 0.4) is 0 Å². The van der Waals surface area contributed by atoms with Gasteiger partial charge in [-0.3, -0.25) is 14.4 Å². The maximum absolute atomic E-state index is 12.7. The lowest BCUT2D eigenvalue weighted by Crippen LogP contribution is -2.26. The number of rotatable bonds is 6. The number of benzene rings is 2. The Morgan fingerprint density at radius 1 is 1.00 bits per heavy atom. The summed E-state index contributed by atoms with van der Waals surface area (Å²) >= 11 is 0. The van der Waals surface area contributed by atoms with Crippen molar-refractivity contribution in [2.24, 2.45) is 0 Å². The van der Waals surface area contributed by atoms with Gasteiger partial charge in [0.2, 0.25) is 5.91 Å². The van der Waals surface area contributed by atoms with Gasteiger partial charge in [-0.2, -0.15) is 0 Å². The first-order valence-corrected chi connectivity index (χ1v) is 9.41. The standard InChI is InChI=1S/C22H25N3O3/c1-23-21(27)18-9-5-16(6-10-18)14-24(2)22(28)19-11-7-17(8-12-19)15-25-13-3-4-20(25)26/h5-12H,3-4,13-15H2,1-2H3,(H,23,27). The minimum Gasteiger partial charge on any atom is -0.355 e. The summed E-state index contributed by atoms with van der Waals surface area (Å²) in [4.78, 5) is 39.5. The van der Waals surface area contributed by atoms with Crippen LogP contribution >= 0.6 is 0 Å². The van der Waals surface area contributed by atoms with Crippen LogP contribution in [0.2, 0.25) is 0 Å². The molecule has 0 radical (unpaired) electrons. The second-order valence-corrected chi connectivity index (χ2v) is 7.05. The van der Waals surface area contributed by atoms with E-state index in [2.05, 4.69) is 5.32 Å². The Morgan fingerprint density at radius 3 is 2.18 bits per heavy atom. The predicted molar refractivity (Wildman–Crippen MR) is 107 cm³/mol. The minimum absolute atomic E-state index is 0.0702. The van der Waals surface area contributed by atoms with Gasteiger partial charge in [0.15, 0.2) is 0 Å². The molecule has 6 nitrogen and oxygen atoms in total. The van der Waals surface area contributed by atoms with Crippen molar-refractivity contribution in [3.63, 3.8) is 0 Å². The number of hydrogen-bond acceptors (Lipinski definition) is 3. The van der Waals surface area contributed by atoms with E-state index in [0.717, 1.165) is 24.1 Å². The van der Waals surface area contributed by atoms with E-state index in [-0.39, 0.29) is 17.7 Å². The molecule has 0 unspecified atom stereocenters. The Bertz CT molecular complexity index is 860. The summed E-state index contributed by atoms with van der Waals surface area (Å²) in [5.41, 5.74) is 3.18. The van der Waals surface area contributed by atoms with Gasteiger partial charge in [0.25, 0.3) is 11.8 Å². The van der Waals surface area contributed by atoms with Crippen molar-refractivity contribution in [1.82, 2.24) is 15.1 Å². The minimum atomic E-state index is -0.133. The van der Waals surface area contributed by atoms with Gasteiger partial charge in [-0.05, 0) is 41.8 Å². The molecule has 0 aromatic heterocycles. The first-order valence-electron chi connectivity index (χ1n) is 9.41. The van der Waals surface area contributed by atoms with Crippen LogP contribution in [0.15, 0.2) is 48.5 Å². The van der Waals surface area contributed by atoms with E-state index >= 15 is 0 Å². The maximum Gasteiger partial charge on any atom is 0.253 e. The topological polar surface area (TPSA) is 69.7 Å². The molecule has 0 saturated carbocycles. The largest absolute Gasteiger partial charge is 0.355 e. The van der Waals surface area contributed by atoms with Crippen molar-refractivity contribution in [2.45, 2.75) is 25.9 Å². The Morgan fingerprint density at radius 2 is 1.61 bits per heavy atom. The molecular formula is C22H25N3O3. The fourth-order valence-electron chi connectivity index (χ4n) is 3.32. The Kier molecular flexibility index (Phi) is 6.09. The van der Waals surface area contributed by atoms with E-state index in [1.807, 2.05) is 41.3 Å². The molecular weight excluding hydrogens is 354 g/mol. The van der Waals surface area contributed by atoms with Gasteiger partial charge in [-0.1, -0.05) is 24.3 Å². The van der Waals surface area contributed by atoms with Gasteiger partial charge in [0.1, 0.15) is 0 Å². The lowest BCUT2D eigenvalue weighted by atomic mass is 10.1. The first kappa shape index (κ1) is 19.6. The highest BCUT2D eigenvalue weighted by atomic mass is 16.2. The first-order chi connectivity index (χ1) is 13.5. The van der Waals surface area contributed by atoms with E-state index in [1.165, 1.54) is 0 Å². The molecule has 1 aliphatic rings. The van der Waals surface area contributed by atoms with E-state index < -0.39 is 0 Å². The van der Waals surface area contributed by atoms with E-state index in [4.69, 9.17) is 0 Å². The number of hydrogen-bond donors (Lipinski definition) is 1. The molecule has 1 N–H and O–H groups in total. The average Bonchev–Trinajstić information content (AvgIpc) is 3.12. The highest BCUT2D eigenvalue weighted by molar-refractivity contribution is 5.94. The predicted octanol–water partition coefficient (Wildman–Crippen LogP) is 2.44. The number of nitrogens with zero attached hydrogens (tertiary/aromatic N) is 2. The number of likely N-dealkylation sites (tertiary alicyclic amines) is 1. The third-order valence-corrected chi connectivity index (χ3v) is 4.96. The van der Waals surface area contributed by atoms with Gasteiger partial charge in [0, 0.05) is 51.3 Å². The molecule has 146 valence electrons. The van der Waals surface area contributed by atoms with Gasteiger partial charge in [-0.25, -0.2) is 0 Å². The fourth-order valence-corrected chi connectivity index (χ4v) is 3.32. The monoisotopic (exact) mass is 379 g/mol. The Labute approximate surface area is 165 Å². The van der Waals surface area contributed by atoms with E-state index in [1.54, 1.807) is 31.1 Å². The van der Waals surface area contributed by atoms with Crippen molar-refractivity contribution in [2.75, 3.05) is 20.6 Å². The molecule has 1 fully saturated rings. The molecule has 2 aromatic rings. The molecule has 0 bridgehead atoms. The summed E-state index contributed by atoms with van der Waals surface area (Å²) in [6, 6.07) is 14.6. The van der Waals surface area contributed by atoms with Crippen LogP contribution in [0.4, 0.5) is 0 Å². The summed E-state index contributed by atoms with van der Waals surface area (Å²) in [6.45, 7) is 1.86. The summed E-state index contributed by atoms with van der Waals surface area (Å²) in [5.74, 6) is -0.00630. The van der Waals surface area contributed by atoms with Crippen molar-refractivity contribution < 1.29 is 14.4 Å². The number of carbonyl (C=O) groups excluding carboxylic acids is 3. The number of carbonyl (C=O) groups is 3. The Balaban J connectivity index is 1.59. The average molecular weight is 379 g/mol. The molecule has 0 aliphatic carbocycles. The third-order valence-electron chi connectivity index (χ3n) is 4.96. The normalized spacial score (nSPS) is 13.5. The molecule has 3 rings (SSSR count). The van der Waals surface area contributed by atoms with Gasteiger partial charge < -0.3 is 15.1 Å². The maximum atomic E-state index is 12.7. The van der Waals surface area contributed by atoms with Crippen molar-refractivity contribution in [1.29, 1.82) is 0 Å². The Hall–Kier alpha value is -3.15. The number of amides is 3. The molecule has 1 saturated heterocycles. The third kappa shape index (κ3) is 4.57. The summed E-state index contributed by atoms with van der Waals surface area (Å²) in [7, 11) is 3.35. The number of nitrogens with one attached hydrogen (secondary N) is 1. The van der Waals surface area contributed by atoms with Gasteiger partial charge in [-0.15, -0.1) is 0 Å². The molecule has 1 aliphatic heterocycles. The quantitative estimate of drug-likeness (QED) is 0.838. The van der Waals surface area contributed by atoms with Crippen LogP contribution in [0.1, 0.15) is 44.7 Å². The van der Waals surface area contributed by atoms with Crippen LogP contribution in [0.25, 0.3) is 0 Å². The molecule has 2 aromatic carbocycles. The SMILES string of the molecule is CNC(=O)c1ccc(CN(C)C(=O)c2ccc(CN3CCCC3=O)cc2)cc1. The highest BCUT2D eigenvalue weighted by Gasteiger charge is 2.20. The molecule has 3 amide bonds. The smallest absolute Gasteiger partial charge is 0.253 e. The summed E-state index contributed by atoms with van der Waals surface area (Å²) < 4.78 is 0. The van der Waals surface area contributed by atoms with Crippen molar-refractivity contribution >= 4 is 17.7 Å². The van der Waals surface area contributed by atoms with Crippen LogP contribution in [-0.2, 0) is 17.9 Å². The van der Waals surface area contributed by atoms with E-state index in [9.17, 15) is 14.4 Å². The van der Waals surface area contributed by atoms with Crippen LogP contribution in [-0.4, -0.2) is 48.2 Å².